The Morgan fingerprint density at radius 3 is 2.43 bits per heavy atom. The Morgan fingerprint density at radius 1 is 1.00 bits per heavy atom. The number of benzene rings is 1. The van der Waals surface area contributed by atoms with Crippen LogP contribution in [-0.2, 0) is 0 Å². The molecule has 1 saturated heterocycles. The van der Waals surface area contributed by atoms with Crippen LogP contribution in [0.5, 0.6) is 0 Å². The first-order chi connectivity index (χ1) is 10.3. The zero-order valence-corrected chi connectivity index (χ0v) is 12.6. The lowest BCUT2D eigenvalue weighted by molar-refractivity contribution is 0.00106. The Bertz CT molecular complexity index is 467. The predicted molar refractivity (Wildman–Crippen MR) is 83.3 cm³/mol. The van der Waals surface area contributed by atoms with Gasteiger partial charge in [-0.2, -0.15) is 0 Å². The Kier molecular flexibility index (Phi) is 4.71. The highest BCUT2D eigenvalue weighted by Crippen LogP contribution is 2.33. The Morgan fingerprint density at radius 2 is 1.71 bits per heavy atom. The molecule has 1 heterocycles. The number of rotatable bonds is 3. The van der Waals surface area contributed by atoms with Gasteiger partial charge < -0.3 is 5.11 Å². The minimum Gasteiger partial charge on any atom is -0.392 e. The SMILES string of the molecule is O=C(c1ccccc1)[C@H]1[C@@H](O)CCC[C@@H]1N1CCCCC1. The molecule has 1 N–H and O–H groups in total. The van der Waals surface area contributed by atoms with Gasteiger partial charge in [0.15, 0.2) is 5.78 Å². The second kappa shape index (κ2) is 6.71. The summed E-state index contributed by atoms with van der Waals surface area (Å²) in [6.45, 7) is 2.16. The molecule has 0 bridgehead atoms. The summed E-state index contributed by atoms with van der Waals surface area (Å²) in [5, 5.41) is 10.5. The number of ketones is 1. The lowest BCUT2D eigenvalue weighted by Crippen LogP contribution is -2.52. The lowest BCUT2D eigenvalue weighted by Gasteiger charge is -2.43. The van der Waals surface area contributed by atoms with E-state index in [1.54, 1.807) is 0 Å². The van der Waals surface area contributed by atoms with Crippen LogP contribution < -0.4 is 0 Å². The maximum absolute atomic E-state index is 12.9. The third-order valence-corrected chi connectivity index (χ3v) is 5.05. The maximum atomic E-state index is 12.9. The topological polar surface area (TPSA) is 40.5 Å². The summed E-state index contributed by atoms with van der Waals surface area (Å²) in [6, 6.07) is 9.70. The molecule has 1 aliphatic carbocycles. The van der Waals surface area contributed by atoms with E-state index >= 15 is 0 Å². The molecule has 1 aliphatic heterocycles. The molecule has 0 spiro atoms. The molecule has 21 heavy (non-hydrogen) atoms. The molecule has 0 amide bonds. The van der Waals surface area contributed by atoms with Gasteiger partial charge in [-0.25, -0.2) is 0 Å². The van der Waals surface area contributed by atoms with Gasteiger partial charge in [-0.05, 0) is 45.2 Å². The second-order valence-corrected chi connectivity index (χ2v) is 6.42. The highest BCUT2D eigenvalue weighted by atomic mass is 16.3. The fraction of sp³-hybridized carbons (Fsp3) is 0.611. The third-order valence-electron chi connectivity index (χ3n) is 5.05. The number of hydrogen-bond donors (Lipinski definition) is 1. The van der Waals surface area contributed by atoms with Crippen LogP contribution in [0.3, 0.4) is 0 Å². The second-order valence-electron chi connectivity index (χ2n) is 6.42. The van der Waals surface area contributed by atoms with Gasteiger partial charge >= 0.3 is 0 Å². The first-order valence-electron chi connectivity index (χ1n) is 8.29. The van der Waals surface area contributed by atoms with Crippen molar-refractivity contribution in [1.82, 2.24) is 4.90 Å². The van der Waals surface area contributed by atoms with Gasteiger partial charge in [-0.1, -0.05) is 36.8 Å². The van der Waals surface area contributed by atoms with Crippen LogP contribution in [0.25, 0.3) is 0 Å². The number of piperidine rings is 1. The van der Waals surface area contributed by atoms with Gasteiger partial charge in [0.05, 0.1) is 12.0 Å². The van der Waals surface area contributed by atoms with E-state index in [9.17, 15) is 9.90 Å². The summed E-state index contributed by atoms with van der Waals surface area (Å²) in [4.78, 5) is 15.3. The van der Waals surface area contributed by atoms with Gasteiger partial charge in [0.25, 0.3) is 0 Å². The predicted octanol–water partition coefficient (Wildman–Crippen LogP) is 2.88. The smallest absolute Gasteiger partial charge is 0.170 e. The van der Waals surface area contributed by atoms with Crippen molar-refractivity contribution in [2.75, 3.05) is 13.1 Å². The van der Waals surface area contributed by atoms with Crippen LogP contribution in [0, 0.1) is 5.92 Å². The molecule has 0 aromatic heterocycles. The Labute approximate surface area is 127 Å². The summed E-state index contributed by atoms with van der Waals surface area (Å²) in [7, 11) is 0. The van der Waals surface area contributed by atoms with E-state index in [0.717, 1.165) is 37.9 Å². The van der Waals surface area contributed by atoms with Crippen molar-refractivity contribution in [1.29, 1.82) is 0 Å². The molecule has 2 aliphatic rings. The number of carbonyl (C=O) groups is 1. The molecular formula is C18H25NO2. The van der Waals surface area contributed by atoms with Crippen molar-refractivity contribution in [2.24, 2.45) is 5.92 Å². The molecule has 1 saturated carbocycles. The average molecular weight is 287 g/mol. The molecular weight excluding hydrogens is 262 g/mol. The van der Waals surface area contributed by atoms with E-state index in [4.69, 9.17) is 0 Å². The van der Waals surface area contributed by atoms with Gasteiger partial charge in [-0.15, -0.1) is 0 Å². The van der Waals surface area contributed by atoms with Crippen molar-refractivity contribution >= 4 is 5.78 Å². The number of likely N-dealkylation sites (tertiary alicyclic amines) is 1. The molecule has 0 unspecified atom stereocenters. The van der Waals surface area contributed by atoms with Crippen LogP contribution >= 0.6 is 0 Å². The van der Waals surface area contributed by atoms with Crippen molar-refractivity contribution in [3.05, 3.63) is 35.9 Å². The number of aliphatic hydroxyl groups excluding tert-OH is 1. The first-order valence-corrected chi connectivity index (χ1v) is 8.29. The quantitative estimate of drug-likeness (QED) is 0.869. The fourth-order valence-corrected chi connectivity index (χ4v) is 3.96. The van der Waals surface area contributed by atoms with Crippen LogP contribution in [0.4, 0.5) is 0 Å². The van der Waals surface area contributed by atoms with Crippen molar-refractivity contribution in [2.45, 2.75) is 50.7 Å². The molecule has 1 aromatic carbocycles. The number of nitrogens with zero attached hydrogens (tertiary/aromatic N) is 1. The zero-order valence-electron chi connectivity index (χ0n) is 12.6. The van der Waals surface area contributed by atoms with Crippen molar-refractivity contribution in [3.8, 4) is 0 Å². The largest absolute Gasteiger partial charge is 0.392 e. The zero-order chi connectivity index (χ0) is 14.7. The van der Waals surface area contributed by atoms with Gasteiger partial charge in [0.1, 0.15) is 0 Å². The van der Waals surface area contributed by atoms with E-state index in [0.29, 0.717) is 0 Å². The number of hydrogen-bond acceptors (Lipinski definition) is 3. The molecule has 114 valence electrons. The number of Topliss-reactive ketones (excluding diaryl/α,β-unsaturated/α-hetero) is 1. The summed E-state index contributed by atoms with van der Waals surface area (Å²) < 4.78 is 0. The summed E-state index contributed by atoms with van der Waals surface area (Å²) in [5.41, 5.74) is 0.741. The lowest BCUT2D eigenvalue weighted by atomic mass is 9.76. The molecule has 2 fully saturated rings. The molecule has 3 rings (SSSR count). The Hall–Kier alpha value is -1.19. The normalized spacial score (nSPS) is 31.0. The van der Waals surface area contributed by atoms with Crippen molar-refractivity contribution in [3.63, 3.8) is 0 Å². The van der Waals surface area contributed by atoms with E-state index in [1.165, 1.54) is 19.3 Å². The minimum absolute atomic E-state index is 0.123. The van der Waals surface area contributed by atoms with Crippen LogP contribution in [0.1, 0.15) is 48.9 Å². The highest BCUT2D eigenvalue weighted by Gasteiger charge is 2.40. The molecule has 3 nitrogen and oxygen atoms in total. The highest BCUT2D eigenvalue weighted by molar-refractivity contribution is 5.98. The van der Waals surface area contributed by atoms with E-state index in [2.05, 4.69) is 4.90 Å². The Balaban J connectivity index is 1.82. The molecule has 1 aromatic rings. The number of carbonyl (C=O) groups excluding carboxylic acids is 1. The van der Waals surface area contributed by atoms with E-state index in [1.807, 2.05) is 30.3 Å². The minimum atomic E-state index is -0.488. The van der Waals surface area contributed by atoms with Crippen LogP contribution in [-0.4, -0.2) is 41.0 Å². The average Bonchev–Trinajstić information content (AvgIpc) is 2.55. The summed E-state index contributed by atoms with van der Waals surface area (Å²) >= 11 is 0. The van der Waals surface area contributed by atoms with E-state index in [-0.39, 0.29) is 17.7 Å². The fourth-order valence-electron chi connectivity index (χ4n) is 3.96. The van der Waals surface area contributed by atoms with Crippen LogP contribution in [0.15, 0.2) is 30.3 Å². The standard InChI is InChI=1S/C18H25NO2/c20-16-11-7-10-15(19-12-5-2-6-13-19)17(16)18(21)14-8-3-1-4-9-14/h1,3-4,8-9,15-17,20H,2,5-7,10-13H2/t15-,16-,17+/m0/s1. The molecule has 3 heteroatoms. The molecule has 3 atom stereocenters. The molecule has 0 radical (unpaired) electrons. The monoisotopic (exact) mass is 287 g/mol. The van der Waals surface area contributed by atoms with Gasteiger partial charge in [0.2, 0.25) is 0 Å². The summed E-state index contributed by atoms with van der Waals surface area (Å²) in [5.74, 6) is -0.127. The van der Waals surface area contributed by atoms with E-state index < -0.39 is 6.10 Å². The first kappa shape index (κ1) is 14.7. The maximum Gasteiger partial charge on any atom is 0.170 e. The summed E-state index contributed by atoms with van der Waals surface area (Å²) in [6.07, 6.45) is 6.08. The van der Waals surface area contributed by atoms with Gasteiger partial charge in [-0.3, -0.25) is 9.69 Å². The van der Waals surface area contributed by atoms with Crippen molar-refractivity contribution < 1.29 is 9.90 Å². The number of aliphatic hydroxyl groups is 1. The third kappa shape index (κ3) is 3.19. The van der Waals surface area contributed by atoms with Crippen LogP contribution in [0.2, 0.25) is 0 Å². The van der Waals surface area contributed by atoms with Gasteiger partial charge in [0, 0.05) is 11.6 Å².